The number of rotatable bonds is 3. The number of hydrogen-bond donors (Lipinski definition) is 0. The van der Waals surface area contributed by atoms with Gasteiger partial charge in [-0.2, -0.15) is 0 Å². The Labute approximate surface area is 124 Å². The van der Waals surface area contributed by atoms with Crippen molar-refractivity contribution in [2.24, 2.45) is 0 Å². The van der Waals surface area contributed by atoms with Crippen LogP contribution < -0.4 is 4.74 Å². The average Bonchev–Trinajstić information content (AvgIpc) is 2.86. The Morgan fingerprint density at radius 3 is 2.71 bits per heavy atom. The topological polar surface area (TPSA) is 55.8 Å². The van der Waals surface area contributed by atoms with Gasteiger partial charge in [0.15, 0.2) is 6.29 Å². The number of ether oxygens (including phenoxy) is 2. The highest BCUT2D eigenvalue weighted by atomic mass is 16.6. The molecule has 1 aliphatic heterocycles. The molecule has 21 heavy (non-hydrogen) atoms. The van der Waals surface area contributed by atoms with E-state index in [1.807, 2.05) is 26.8 Å². The van der Waals surface area contributed by atoms with Gasteiger partial charge in [-0.25, -0.2) is 4.79 Å². The molecule has 5 heteroatoms. The number of nitrogens with zero attached hydrogens (tertiary/aromatic N) is 1. The third kappa shape index (κ3) is 4.21. The lowest BCUT2D eigenvalue weighted by Gasteiger charge is -2.24. The highest BCUT2D eigenvalue weighted by Crippen LogP contribution is 2.22. The average molecular weight is 291 g/mol. The van der Waals surface area contributed by atoms with Gasteiger partial charge in [-0.1, -0.05) is 12.1 Å². The van der Waals surface area contributed by atoms with E-state index >= 15 is 0 Å². The summed E-state index contributed by atoms with van der Waals surface area (Å²) in [6.45, 7) is 6.60. The van der Waals surface area contributed by atoms with E-state index in [0.29, 0.717) is 24.4 Å². The van der Waals surface area contributed by atoms with Gasteiger partial charge in [-0.3, -0.25) is 4.79 Å². The van der Waals surface area contributed by atoms with Crippen LogP contribution in [0.1, 0.15) is 37.6 Å². The summed E-state index contributed by atoms with van der Waals surface area (Å²) in [5, 5.41) is 0. The maximum absolute atomic E-state index is 12.0. The fraction of sp³-hybridized carbons (Fsp3) is 0.500. The Morgan fingerprint density at radius 2 is 2.05 bits per heavy atom. The minimum absolute atomic E-state index is 0.112. The van der Waals surface area contributed by atoms with Crippen LogP contribution in [0.5, 0.6) is 5.75 Å². The van der Waals surface area contributed by atoms with Gasteiger partial charge in [0.05, 0.1) is 12.1 Å². The third-order valence-corrected chi connectivity index (χ3v) is 3.14. The molecule has 1 fully saturated rings. The molecular formula is C16H21NO4. The summed E-state index contributed by atoms with van der Waals surface area (Å²) in [7, 11) is 0. The summed E-state index contributed by atoms with van der Waals surface area (Å²) in [5.74, 6) is 0.559. The Balaban J connectivity index is 1.94. The molecule has 1 unspecified atom stereocenters. The minimum Gasteiger partial charge on any atom is -0.488 e. The largest absolute Gasteiger partial charge is 0.488 e. The molecule has 1 atom stereocenters. The number of amides is 1. The van der Waals surface area contributed by atoms with Crippen molar-refractivity contribution in [3.05, 3.63) is 29.8 Å². The lowest BCUT2D eigenvalue weighted by Crippen LogP contribution is -2.36. The van der Waals surface area contributed by atoms with Gasteiger partial charge in [-0.15, -0.1) is 0 Å². The molecule has 1 aromatic carbocycles. The van der Waals surface area contributed by atoms with E-state index in [4.69, 9.17) is 9.47 Å². The number of carbonyl (C=O) groups excluding carboxylic acids is 2. The third-order valence-electron chi connectivity index (χ3n) is 3.14. The van der Waals surface area contributed by atoms with Crippen LogP contribution in [0.15, 0.2) is 24.3 Å². The van der Waals surface area contributed by atoms with Gasteiger partial charge in [0.1, 0.15) is 17.5 Å². The first-order valence-electron chi connectivity index (χ1n) is 7.08. The van der Waals surface area contributed by atoms with E-state index in [2.05, 4.69) is 0 Å². The van der Waals surface area contributed by atoms with Crippen molar-refractivity contribution in [1.29, 1.82) is 0 Å². The molecule has 2 rings (SSSR count). The molecule has 0 bridgehead atoms. The van der Waals surface area contributed by atoms with Crippen molar-refractivity contribution in [3.63, 3.8) is 0 Å². The fourth-order valence-electron chi connectivity index (χ4n) is 2.18. The van der Waals surface area contributed by atoms with Gasteiger partial charge in [-0.05, 0) is 32.9 Å². The molecular weight excluding hydrogens is 270 g/mol. The van der Waals surface area contributed by atoms with Crippen LogP contribution in [0.25, 0.3) is 0 Å². The van der Waals surface area contributed by atoms with E-state index in [1.165, 1.54) is 0 Å². The van der Waals surface area contributed by atoms with Crippen molar-refractivity contribution < 1.29 is 19.1 Å². The SMILES string of the molecule is CC(C)(C)OC(=O)N1CCC(Oc2ccccc2C=O)C1. The zero-order valence-corrected chi connectivity index (χ0v) is 12.7. The smallest absolute Gasteiger partial charge is 0.410 e. The predicted molar refractivity (Wildman–Crippen MR) is 78.7 cm³/mol. The highest BCUT2D eigenvalue weighted by molar-refractivity contribution is 5.79. The van der Waals surface area contributed by atoms with Crippen molar-refractivity contribution in [2.75, 3.05) is 13.1 Å². The van der Waals surface area contributed by atoms with Gasteiger partial charge >= 0.3 is 6.09 Å². The minimum atomic E-state index is -0.500. The Bertz CT molecular complexity index is 521. The van der Waals surface area contributed by atoms with Gasteiger partial charge in [0.2, 0.25) is 0 Å². The molecule has 0 saturated carbocycles. The summed E-state index contributed by atoms with van der Waals surface area (Å²) in [6.07, 6.45) is 1.07. The van der Waals surface area contributed by atoms with E-state index < -0.39 is 5.60 Å². The van der Waals surface area contributed by atoms with Crippen LogP contribution in [0.4, 0.5) is 4.79 Å². The van der Waals surface area contributed by atoms with Crippen LogP contribution in [-0.2, 0) is 4.74 Å². The second-order valence-corrected chi connectivity index (χ2v) is 6.11. The molecule has 1 saturated heterocycles. The second kappa shape index (κ2) is 6.16. The molecule has 1 aromatic rings. The number of para-hydroxylation sites is 1. The number of hydrogen-bond acceptors (Lipinski definition) is 4. The molecule has 114 valence electrons. The van der Waals surface area contributed by atoms with Crippen molar-refractivity contribution in [1.82, 2.24) is 4.90 Å². The van der Waals surface area contributed by atoms with Gasteiger partial charge < -0.3 is 14.4 Å². The lowest BCUT2D eigenvalue weighted by molar-refractivity contribution is 0.0275. The molecule has 1 amide bonds. The van der Waals surface area contributed by atoms with Crippen molar-refractivity contribution in [2.45, 2.75) is 38.9 Å². The van der Waals surface area contributed by atoms with Crippen molar-refractivity contribution >= 4 is 12.4 Å². The zero-order valence-electron chi connectivity index (χ0n) is 12.7. The molecule has 0 N–H and O–H groups in total. The van der Waals surface area contributed by atoms with E-state index in [0.717, 1.165) is 12.7 Å². The molecule has 0 radical (unpaired) electrons. The molecule has 0 aromatic heterocycles. The standard InChI is InChI=1S/C16H21NO4/c1-16(2,3)21-15(19)17-9-8-13(10-17)20-14-7-5-4-6-12(14)11-18/h4-7,11,13H,8-10H2,1-3H3. The van der Waals surface area contributed by atoms with Gasteiger partial charge in [0, 0.05) is 13.0 Å². The maximum atomic E-state index is 12.0. The summed E-state index contributed by atoms with van der Waals surface area (Å²) in [6, 6.07) is 7.09. The first-order chi connectivity index (χ1) is 9.89. The van der Waals surface area contributed by atoms with Crippen LogP contribution >= 0.6 is 0 Å². The fourth-order valence-corrected chi connectivity index (χ4v) is 2.18. The van der Waals surface area contributed by atoms with E-state index in [1.54, 1.807) is 23.1 Å². The van der Waals surface area contributed by atoms with E-state index in [-0.39, 0.29) is 12.2 Å². The monoisotopic (exact) mass is 291 g/mol. The summed E-state index contributed by atoms with van der Waals surface area (Å²) in [4.78, 5) is 24.6. The number of aldehydes is 1. The molecule has 1 heterocycles. The number of benzene rings is 1. The quantitative estimate of drug-likeness (QED) is 0.804. The normalized spacial score (nSPS) is 18.4. The summed E-state index contributed by atoms with van der Waals surface area (Å²) in [5.41, 5.74) is 0.0216. The summed E-state index contributed by atoms with van der Waals surface area (Å²) >= 11 is 0. The van der Waals surface area contributed by atoms with Crippen LogP contribution in [0.3, 0.4) is 0 Å². The Kier molecular flexibility index (Phi) is 4.50. The van der Waals surface area contributed by atoms with Crippen LogP contribution in [0.2, 0.25) is 0 Å². The second-order valence-electron chi connectivity index (χ2n) is 6.11. The summed E-state index contributed by atoms with van der Waals surface area (Å²) < 4.78 is 11.2. The number of likely N-dealkylation sites (tertiary alicyclic amines) is 1. The first kappa shape index (κ1) is 15.4. The maximum Gasteiger partial charge on any atom is 0.410 e. The molecule has 1 aliphatic rings. The lowest BCUT2D eigenvalue weighted by atomic mass is 10.2. The van der Waals surface area contributed by atoms with Gasteiger partial charge in [0.25, 0.3) is 0 Å². The number of carbonyl (C=O) groups is 2. The molecule has 0 spiro atoms. The Hall–Kier alpha value is -2.04. The molecule has 0 aliphatic carbocycles. The van der Waals surface area contributed by atoms with Crippen LogP contribution in [0, 0.1) is 0 Å². The zero-order chi connectivity index (χ0) is 15.5. The predicted octanol–water partition coefficient (Wildman–Crippen LogP) is 2.89. The molecule has 5 nitrogen and oxygen atoms in total. The highest BCUT2D eigenvalue weighted by Gasteiger charge is 2.31. The first-order valence-corrected chi connectivity index (χ1v) is 7.08. The van der Waals surface area contributed by atoms with Crippen molar-refractivity contribution in [3.8, 4) is 5.75 Å². The van der Waals surface area contributed by atoms with Crippen LogP contribution in [-0.4, -0.2) is 42.1 Å². The van der Waals surface area contributed by atoms with E-state index in [9.17, 15) is 9.59 Å². The Morgan fingerprint density at radius 1 is 1.33 bits per heavy atom.